The highest BCUT2D eigenvalue weighted by atomic mass is 33.1. The van der Waals surface area contributed by atoms with E-state index in [1.807, 2.05) is 38.1 Å². The smallest absolute Gasteiger partial charge is 0.414 e. The van der Waals surface area contributed by atoms with E-state index >= 15 is 0 Å². The molecule has 11 heteroatoms. The van der Waals surface area contributed by atoms with Crippen molar-refractivity contribution >= 4 is 51.4 Å². The lowest BCUT2D eigenvalue weighted by molar-refractivity contribution is -0.126. The fourth-order valence-corrected chi connectivity index (χ4v) is 6.97. The lowest BCUT2D eigenvalue weighted by atomic mass is 10.1. The van der Waals surface area contributed by atoms with E-state index in [9.17, 15) is 14.7 Å². The number of unbranched alkanes of at least 4 members (excludes halogenated alkanes) is 1. The van der Waals surface area contributed by atoms with Gasteiger partial charge in [-0.3, -0.25) is 14.5 Å². The number of hydrogen-bond donors (Lipinski definition) is 1. The van der Waals surface area contributed by atoms with Gasteiger partial charge in [-0.1, -0.05) is 67.0 Å². The number of phenols is 1. The highest BCUT2D eigenvalue weighted by Gasteiger charge is 2.42. The Morgan fingerprint density at radius 3 is 2.49 bits per heavy atom. The molecule has 9 nitrogen and oxygen atoms in total. The number of carbonyl (C=O) groups is 3. The Morgan fingerprint density at radius 1 is 1.17 bits per heavy atom. The van der Waals surface area contributed by atoms with Gasteiger partial charge in [0, 0.05) is 17.5 Å². The first kappa shape index (κ1) is 34.2. The van der Waals surface area contributed by atoms with E-state index < -0.39 is 6.09 Å². The number of amides is 2. The Labute approximate surface area is 251 Å². The Bertz CT molecular complexity index is 1180. The Balaban J connectivity index is 0.000000902. The molecule has 0 bridgehead atoms. The summed E-state index contributed by atoms with van der Waals surface area (Å²) in [5, 5.41) is 10.5. The normalized spacial score (nSPS) is 15.1. The highest BCUT2D eigenvalue weighted by molar-refractivity contribution is 8.77. The summed E-state index contributed by atoms with van der Waals surface area (Å²) in [7, 11) is 6.25. The zero-order chi connectivity index (χ0) is 30.6. The first-order valence-electron chi connectivity index (χ1n) is 13.7. The van der Waals surface area contributed by atoms with Crippen molar-refractivity contribution < 1.29 is 33.7 Å². The van der Waals surface area contributed by atoms with Crippen LogP contribution in [0.4, 0.5) is 16.2 Å². The molecule has 2 aromatic carbocycles. The second-order valence-electron chi connectivity index (χ2n) is 9.72. The molecule has 1 unspecified atom stereocenters. The van der Waals surface area contributed by atoms with Gasteiger partial charge in [0.15, 0.2) is 11.5 Å². The molecule has 2 aromatic rings. The van der Waals surface area contributed by atoms with Crippen molar-refractivity contribution in [2.75, 3.05) is 42.9 Å². The Morgan fingerprint density at radius 2 is 1.85 bits per heavy atom. The number of hydrogen-bond acceptors (Lipinski definition) is 9. The van der Waals surface area contributed by atoms with Crippen LogP contribution in [0.15, 0.2) is 36.4 Å². The number of para-hydroxylation sites is 1. The summed E-state index contributed by atoms with van der Waals surface area (Å²) in [5.74, 6) is 0.867. The van der Waals surface area contributed by atoms with Crippen LogP contribution >= 0.6 is 21.6 Å². The molecule has 226 valence electrons. The van der Waals surface area contributed by atoms with Crippen molar-refractivity contribution in [1.29, 1.82) is 0 Å². The van der Waals surface area contributed by atoms with E-state index in [1.165, 1.54) is 31.3 Å². The lowest BCUT2D eigenvalue weighted by Crippen LogP contribution is -2.44. The van der Waals surface area contributed by atoms with Gasteiger partial charge in [0.25, 0.3) is 12.4 Å². The summed E-state index contributed by atoms with van der Waals surface area (Å²) in [5.41, 5.74) is 2.53. The van der Waals surface area contributed by atoms with Crippen LogP contribution in [0.25, 0.3) is 0 Å². The van der Waals surface area contributed by atoms with Crippen molar-refractivity contribution in [1.82, 2.24) is 0 Å². The minimum absolute atomic E-state index is 0.137. The Kier molecular flexibility index (Phi) is 13.7. The van der Waals surface area contributed by atoms with Crippen molar-refractivity contribution in [3.63, 3.8) is 0 Å². The number of anilines is 2. The van der Waals surface area contributed by atoms with Crippen molar-refractivity contribution in [2.24, 2.45) is 0 Å². The van der Waals surface area contributed by atoms with Crippen LogP contribution in [0.1, 0.15) is 63.4 Å². The molecule has 41 heavy (non-hydrogen) atoms. The summed E-state index contributed by atoms with van der Waals surface area (Å²) >= 11 is 0. The molecule has 4 rings (SSSR count). The van der Waals surface area contributed by atoms with Crippen LogP contribution in [0.5, 0.6) is 11.5 Å². The molecule has 2 amide bonds. The van der Waals surface area contributed by atoms with Gasteiger partial charge in [-0.2, -0.15) is 0 Å². The van der Waals surface area contributed by atoms with Crippen LogP contribution < -0.4 is 14.5 Å². The maximum Gasteiger partial charge on any atom is 0.414 e. The number of ether oxygens (including phenoxy) is 3. The number of benzene rings is 2. The molecule has 0 saturated heterocycles. The number of phenolic OH excluding ortho intramolecular Hbond substituents is 1. The topological polar surface area (TPSA) is 106 Å². The maximum atomic E-state index is 13.7. The minimum atomic E-state index is -0.534. The van der Waals surface area contributed by atoms with Gasteiger partial charge in [-0.25, -0.2) is 4.79 Å². The third kappa shape index (κ3) is 8.72. The molecule has 1 atom stereocenters. The standard InChI is InChI=1S/C26H32N2O5S2.C2H4O2.C2H6/c1-5-6-11-34-35-26(2,3)16-33-25(31)27-15-18-12-17-9-7-8-10-20(17)28(18)24(30)19-13-23(32-4)22(29)14-21(19)27;1-4-2-3;1-2/h7-10,13-14,18,29H,5-6,11-12,15-16H2,1-4H3;2H,1H3;1-2H3. The van der Waals surface area contributed by atoms with Gasteiger partial charge in [0.05, 0.1) is 42.8 Å². The second-order valence-corrected chi connectivity index (χ2v) is 12.8. The van der Waals surface area contributed by atoms with Gasteiger partial charge in [0.1, 0.15) is 6.61 Å². The molecular formula is C30H42N2O7S2. The molecule has 2 aliphatic rings. The van der Waals surface area contributed by atoms with E-state index in [1.54, 1.807) is 26.5 Å². The number of fused-ring (bicyclic) bond motifs is 4. The summed E-state index contributed by atoms with van der Waals surface area (Å²) in [6.07, 6.45) is 2.40. The average Bonchev–Trinajstić information content (AvgIpc) is 3.30. The van der Waals surface area contributed by atoms with Crippen LogP contribution in [0.2, 0.25) is 0 Å². The summed E-state index contributed by atoms with van der Waals surface area (Å²) in [6.45, 7) is 11.1. The third-order valence-electron chi connectivity index (χ3n) is 6.23. The molecule has 0 fully saturated rings. The van der Waals surface area contributed by atoms with E-state index in [0.29, 0.717) is 24.1 Å². The molecule has 0 aliphatic carbocycles. The predicted octanol–water partition coefficient (Wildman–Crippen LogP) is 6.70. The first-order valence-corrected chi connectivity index (χ1v) is 16.0. The molecule has 2 aliphatic heterocycles. The van der Waals surface area contributed by atoms with E-state index in [0.717, 1.165) is 29.8 Å². The molecule has 1 N–H and O–H groups in total. The van der Waals surface area contributed by atoms with Crippen LogP contribution in [0, 0.1) is 0 Å². The lowest BCUT2D eigenvalue weighted by Gasteiger charge is -2.28. The van der Waals surface area contributed by atoms with E-state index in [4.69, 9.17) is 14.3 Å². The predicted molar refractivity (Wildman–Crippen MR) is 168 cm³/mol. The average molecular weight is 607 g/mol. The van der Waals surface area contributed by atoms with Crippen molar-refractivity contribution in [3.05, 3.63) is 47.5 Å². The van der Waals surface area contributed by atoms with Crippen LogP contribution in [-0.2, 0) is 20.7 Å². The zero-order valence-corrected chi connectivity index (χ0v) is 26.6. The summed E-state index contributed by atoms with van der Waals surface area (Å²) < 4.78 is 14.6. The second kappa shape index (κ2) is 16.4. The SMILES string of the molecule is CC.CCCCSSC(C)(C)COC(=O)N1CC2Cc3ccccc3N2C(=O)c2cc(OC)c(O)cc21.COC=O. The number of carbonyl (C=O) groups excluding carboxylic acids is 3. The maximum absolute atomic E-state index is 13.7. The van der Waals surface area contributed by atoms with E-state index in [2.05, 4.69) is 25.5 Å². The molecule has 0 spiro atoms. The fourth-order valence-electron chi connectivity index (χ4n) is 4.35. The monoisotopic (exact) mass is 606 g/mol. The largest absolute Gasteiger partial charge is 0.504 e. The molecule has 0 radical (unpaired) electrons. The van der Waals surface area contributed by atoms with Gasteiger partial charge < -0.3 is 24.2 Å². The number of aromatic hydroxyl groups is 1. The Hall–Kier alpha value is -3.05. The van der Waals surface area contributed by atoms with E-state index in [-0.39, 0.29) is 41.3 Å². The molecule has 0 aromatic heterocycles. The molecule has 0 saturated carbocycles. The minimum Gasteiger partial charge on any atom is -0.504 e. The van der Waals surface area contributed by atoms with Crippen LogP contribution in [0.3, 0.4) is 0 Å². The van der Waals surface area contributed by atoms with Gasteiger partial charge in [-0.05, 0) is 44.4 Å². The fraction of sp³-hybridized carbons (Fsp3) is 0.500. The zero-order valence-electron chi connectivity index (χ0n) is 25.0. The first-order chi connectivity index (χ1) is 19.7. The highest BCUT2D eigenvalue weighted by Crippen LogP contribution is 2.42. The third-order valence-corrected chi connectivity index (χ3v) is 9.58. The number of nitrogens with zero attached hydrogens (tertiary/aromatic N) is 2. The summed E-state index contributed by atoms with van der Waals surface area (Å²) in [6, 6.07) is 10.5. The van der Waals surface area contributed by atoms with Gasteiger partial charge >= 0.3 is 6.09 Å². The number of methoxy groups -OCH3 is 2. The molecule has 2 heterocycles. The quantitative estimate of drug-likeness (QED) is 0.189. The number of rotatable bonds is 9. The van der Waals surface area contributed by atoms with Crippen molar-refractivity contribution in [3.8, 4) is 11.5 Å². The van der Waals surface area contributed by atoms with Gasteiger partial charge in [-0.15, -0.1) is 0 Å². The molecular weight excluding hydrogens is 564 g/mol. The van der Waals surface area contributed by atoms with Gasteiger partial charge in [0.2, 0.25) is 0 Å². The van der Waals surface area contributed by atoms with Crippen molar-refractivity contribution in [2.45, 2.75) is 64.7 Å². The van der Waals surface area contributed by atoms with Crippen LogP contribution in [-0.4, -0.2) is 67.5 Å². The summed E-state index contributed by atoms with van der Waals surface area (Å²) in [4.78, 5) is 39.3.